The molecule has 0 unspecified atom stereocenters. The second-order valence-electron chi connectivity index (χ2n) is 4.45. The normalized spacial score (nSPS) is 11.6. The summed E-state index contributed by atoms with van der Waals surface area (Å²) in [6.45, 7) is 13.6. The lowest BCUT2D eigenvalue weighted by atomic mass is 10.3. The first kappa shape index (κ1) is 19.1. The molecular weight excluding hydrogens is 302 g/mol. The molecule has 2 rings (SSSR count). The molecule has 2 aromatic rings. The van der Waals surface area contributed by atoms with Crippen LogP contribution in [0.2, 0.25) is 0 Å². The van der Waals surface area contributed by atoms with Gasteiger partial charge in [-0.1, -0.05) is 26.5 Å². The molecular formula is C17H25N7. The molecule has 0 amide bonds. The Morgan fingerprint density at radius 3 is 2.67 bits per heavy atom. The Labute approximate surface area is 142 Å². The van der Waals surface area contributed by atoms with E-state index < -0.39 is 0 Å². The zero-order valence-corrected chi connectivity index (χ0v) is 14.9. The van der Waals surface area contributed by atoms with E-state index in [0.717, 1.165) is 11.3 Å². The van der Waals surface area contributed by atoms with Gasteiger partial charge in [0.25, 0.3) is 0 Å². The number of aliphatic imine (C=N–C) groups is 1. The number of nitrogens with one attached hydrogen (secondary N) is 2. The Balaban J connectivity index is 0.00000139. The summed E-state index contributed by atoms with van der Waals surface area (Å²) in [4.78, 5) is 8.80. The molecule has 0 radical (unpaired) electrons. The highest BCUT2D eigenvalue weighted by Crippen LogP contribution is 2.23. The fourth-order valence-corrected chi connectivity index (χ4v) is 1.91. The standard InChI is InChI=1S/C15H19N7.C2H6/c1-5-7-22-14(13-8-18-19-9-13)10-16-15(22)11(3)20-12(4)21-17-6-2;1-2/h5-10H,3H2,1-2,4H3,(H,18,19)(H,20,21);1-2H3/b7-5-,17-6-;. The van der Waals surface area contributed by atoms with Crippen LogP contribution >= 0.6 is 0 Å². The highest BCUT2D eigenvalue weighted by atomic mass is 15.3. The SMILES string of the molecule is C=C(N=C(C)N/N=C\C)c1ncc(-c2cn[nH]c2)n1/C=C\C.CC. The van der Waals surface area contributed by atoms with E-state index in [0.29, 0.717) is 17.4 Å². The van der Waals surface area contributed by atoms with Crippen LogP contribution < -0.4 is 5.43 Å². The summed E-state index contributed by atoms with van der Waals surface area (Å²) < 4.78 is 1.92. The first-order chi connectivity index (χ1) is 11.7. The number of rotatable bonds is 5. The number of aromatic nitrogens is 4. The molecule has 0 atom stereocenters. The van der Waals surface area contributed by atoms with Crippen LogP contribution in [0.4, 0.5) is 0 Å². The molecule has 0 aliphatic heterocycles. The second kappa shape index (κ2) is 9.94. The van der Waals surface area contributed by atoms with Gasteiger partial charge in [-0.05, 0) is 20.8 Å². The maximum atomic E-state index is 4.42. The van der Waals surface area contributed by atoms with Gasteiger partial charge in [0.2, 0.25) is 0 Å². The second-order valence-corrected chi connectivity index (χ2v) is 4.45. The molecule has 0 fully saturated rings. The van der Waals surface area contributed by atoms with Crippen LogP contribution in [0.1, 0.15) is 40.4 Å². The van der Waals surface area contributed by atoms with Gasteiger partial charge in [0.15, 0.2) is 5.82 Å². The monoisotopic (exact) mass is 327 g/mol. The summed E-state index contributed by atoms with van der Waals surface area (Å²) >= 11 is 0. The Bertz CT molecular complexity index is 718. The van der Waals surface area contributed by atoms with E-state index >= 15 is 0 Å². The van der Waals surface area contributed by atoms with Gasteiger partial charge in [-0.3, -0.25) is 15.1 Å². The van der Waals surface area contributed by atoms with Crippen molar-refractivity contribution in [3.05, 3.63) is 37.1 Å². The van der Waals surface area contributed by atoms with E-state index in [9.17, 15) is 0 Å². The van der Waals surface area contributed by atoms with Crippen LogP contribution in [-0.2, 0) is 0 Å². The Morgan fingerprint density at radius 2 is 2.08 bits per heavy atom. The number of hydrogen-bond acceptors (Lipinski definition) is 4. The van der Waals surface area contributed by atoms with E-state index in [4.69, 9.17) is 0 Å². The highest BCUT2D eigenvalue weighted by Gasteiger charge is 2.13. The molecule has 7 nitrogen and oxygen atoms in total. The lowest BCUT2D eigenvalue weighted by molar-refractivity contribution is 1.02. The molecule has 0 aliphatic rings. The number of amidine groups is 1. The minimum atomic E-state index is 0.546. The third-order valence-corrected chi connectivity index (χ3v) is 2.81. The quantitative estimate of drug-likeness (QED) is 0.498. The van der Waals surface area contributed by atoms with Crippen LogP contribution in [0.15, 0.2) is 41.3 Å². The summed E-state index contributed by atoms with van der Waals surface area (Å²) in [6, 6.07) is 0. The van der Waals surface area contributed by atoms with Gasteiger partial charge in [0, 0.05) is 24.2 Å². The molecule has 0 aromatic carbocycles. The third-order valence-electron chi connectivity index (χ3n) is 2.81. The van der Waals surface area contributed by atoms with Crippen LogP contribution in [0.25, 0.3) is 23.2 Å². The van der Waals surface area contributed by atoms with Gasteiger partial charge < -0.3 is 0 Å². The van der Waals surface area contributed by atoms with Crippen molar-refractivity contribution >= 4 is 23.9 Å². The predicted molar refractivity (Wildman–Crippen MR) is 102 cm³/mol. The average Bonchev–Trinajstić information content (AvgIpc) is 3.24. The van der Waals surface area contributed by atoms with Crippen molar-refractivity contribution in [3.63, 3.8) is 0 Å². The first-order valence-corrected chi connectivity index (χ1v) is 7.84. The van der Waals surface area contributed by atoms with Crippen LogP contribution in [-0.4, -0.2) is 31.8 Å². The van der Waals surface area contributed by atoms with Gasteiger partial charge in [-0.25, -0.2) is 9.98 Å². The topological polar surface area (TPSA) is 83.2 Å². The maximum Gasteiger partial charge on any atom is 0.162 e. The number of nitrogens with zero attached hydrogens (tertiary/aromatic N) is 5. The summed E-state index contributed by atoms with van der Waals surface area (Å²) in [5.74, 6) is 1.30. The zero-order valence-electron chi connectivity index (χ0n) is 14.9. The van der Waals surface area contributed by atoms with Gasteiger partial charge in [0.05, 0.1) is 18.1 Å². The maximum absolute atomic E-state index is 4.42. The average molecular weight is 327 g/mol. The smallest absolute Gasteiger partial charge is 0.162 e. The molecule has 2 heterocycles. The molecule has 7 heteroatoms. The molecule has 0 spiro atoms. The third kappa shape index (κ3) is 4.77. The molecule has 0 aliphatic carbocycles. The molecule has 0 saturated heterocycles. The fraction of sp³-hybridized carbons (Fsp3) is 0.294. The number of aromatic amines is 1. The lowest BCUT2D eigenvalue weighted by Gasteiger charge is -2.06. The van der Waals surface area contributed by atoms with E-state index in [1.54, 1.807) is 18.6 Å². The summed E-state index contributed by atoms with van der Waals surface area (Å²) in [6.07, 6.45) is 10.8. The van der Waals surface area contributed by atoms with Crippen molar-refractivity contribution in [2.24, 2.45) is 10.1 Å². The molecule has 0 bridgehead atoms. The summed E-state index contributed by atoms with van der Waals surface area (Å²) in [5, 5.41) is 10.7. The summed E-state index contributed by atoms with van der Waals surface area (Å²) in [7, 11) is 0. The lowest BCUT2D eigenvalue weighted by Crippen LogP contribution is -2.13. The summed E-state index contributed by atoms with van der Waals surface area (Å²) in [5.41, 5.74) is 5.21. The van der Waals surface area contributed by atoms with Gasteiger partial charge in [0.1, 0.15) is 11.5 Å². The van der Waals surface area contributed by atoms with Crippen LogP contribution in [0.3, 0.4) is 0 Å². The number of hydrazone groups is 1. The van der Waals surface area contributed by atoms with Crippen molar-refractivity contribution < 1.29 is 0 Å². The zero-order chi connectivity index (χ0) is 17.9. The van der Waals surface area contributed by atoms with Crippen molar-refractivity contribution in [3.8, 4) is 11.3 Å². The molecule has 0 saturated carbocycles. The predicted octanol–water partition coefficient (Wildman–Crippen LogP) is 3.77. The van der Waals surface area contributed by atoms with Gasteiger partial charge in [-0.2, -0.15) is 10.2 Å². The van der Waals surface area contributed by atoms with Crippen molar-refractivity contribution in [1.82, 2.24) is 25.2 Å². The van der Waals surface area contributed by atoms with Crippen molar-refractivity contribution in [2.45, 2.75) is 34.6 Å². The van der Waals surface area contributed by atoms with Crippen LogP contribution in [0, 0.1) is 0 Å². The number of hydrogen-bond donors (Lipinski definition) is 2. The minimum absolute atomic E-state index is 0.546. The van der Waals surface area contributed by atoms with Gasteiger partial charge >= 0.3 is 0 Å². The minimum Gasteiger partial charge on any atom is -0.298 e. The fourth-order valence-electron chi connectivity index (χ4n) is 1.91. The largest absolute Gasteiger partial charge is 0.298 e. The number of imidazole rings is 1. The highest BCUT2D eigenvalue weighted by molar-refractivity contribution is 5.85. The number of allylic oxidation sites excluding steroid dienone is 1. The molecule has 2 aromatic heterocycles. The van der Waals surface area contributed by atoms with Crippen molar-refractivity contribution in [1.29, 1.82) is 0 Å². The first-order valence-electron chi connectivity index (χ1n) is 7.84. The van der Waals surface area contributed by atoms with E-state index in [1.807, 2.05) is 57.7 Å². The molecule has 24 heavy (non-hydrogen) atoms. The Morgan fingerprint density at radius 1 is 1.33 bits per heavy atom. The van der Waals surface area contributed by atoms with E-state index in [-0.39, 0.29) is 0 Å². The van der Waals surface area contributed by atoms with Crippen LogP contribution in [0.5, 0.6) is 0 Å². The molecule has 128 valence electrons. The molecule has 2 N–H and O–H groups in total. The van der Waals surface area contributed by atoms with E-state index in [1.165, 1.54) is 0 Å². The Kier molecular flexibility index (Phi) is 7.90. The van der Waals surface area contributed by atoms with E-state index in [2.05, 4.69) is 37.3 Å². The van der Waals surface area contributed by atoms with Gasteiger partial charge in [-0.15, -0.1) is 0 Å². The number of H-pyrrole nitrogens is 1. The van der Waals surface area contributed by atoms with Crippen molar-refractivity contribution in [2.75, 3.05) is 0 Å². The Hall–Kier alpha value is -2.96.